The summed E-state index contributed by atoms with van der Waals surface area (Å²) < 4.78 is 0. The summed E-state index contributed by atoms with van der Waals surface area (Å²) in [6.45, 7) is 6.65. The topological polar surface area (TPSA) is 0 Å². The van der Waals surface area contributed by atoms with Gasteiger partial charge >= 0.3 is 0 Å². The lowest BCUT2D eigenvalue weighted by Gasteiger charge is -2.21. The van der Waals surface area contributed by atoms with Gasteiger partial charge in [0.1, 0.15) is 0 Å². The maximum Gasteiger partial charge on any atom is -0.0308 e. The van der Waals surface area contributed by atoms with E-state index in [0.29, 0.717) is 0 Å². The van der Waals surface area contributed by atoms with Crippen LogP contribution in [0.1, 0.15) is 46.5 Å². The largest absolute Gasteiger partial charge is 0.0842 e. The molecule has 0 atom stereocenters. The predicted octanol–water partition coefficient (Wildman–Crippen LogP) is 3.84. The van der Waals surface area contributed by atoms with Crippen LogP contribution >= 0.6 is 0 Å². The average Bonchev–Trinajstić information content (AvgIpc) is 1.86. The van der Waals surface area contributed by atoms with E-state index in [9.17, 15) is 0 Å². The molecule has 0 bridgehead atoms. The molecule has 0 amide bonds. The van der Waals surface area contributed by atoms with Crippen molar-refractivity contribution < 1.29 is 0 Å². The molecule has 62 valence electrons. The summed E-state index contributed by atoms with van der Waals surface area (Å²) in [7, 11) is 0. The van der Waals surface area contributed by atoms with Gasteiger partial charge in [-0.05, 0) is 50.7 Å². The van der Waals surface area contributed by atoms with E-state index in [4.69, 9.17) is 0 Å². The van der Waals surface area contributed by atoms with Crippen LogP contribution in [0.2, 0.25) is 0 Å². The van der Waals surface area contributed by atoms with Gasteiger partial charge in [-0.25, -0.2) is 0 Å². The second kappa shape index (κ2) is 3.75. The second-order valence-electron chi connectivity index (χ2n) is 3.25. The van der Waals surface area contributed by atoms with Gasteiger partial charge < -0.3 is 0 Å². The molecule has 0 radical (unpaired) electrons. The molecule has 0 heterocycles. The molecule has 0 aliphatic heterocycles. The molecular weight excluding hydrogens is 132 g/mol. The first kappa shape index (κ1) is 8.58. The van der Waals surface area contributed by atoms with Gasteiger partial charge in [-0.1, -0.05) is 18.6 Å². The molecule has 0 aromatic heterocycles. The minimum absolute atomic E-state index is 1.19. The van der Waals surface area contributed by atoms with Crippen LogP contribution < -0.4 is 0 Å². The Morgan fingerprint density at radius 3 is 2.36 bits per heavy atom. The highest BCUT2D eigenvalue weighted by molar-refractivity contribution is 5.35. The van der Waals surface area contributed by atoms with E-state index < -0.39 is 0 Å². The Labute approximate surface area is 70.0 Å². The second-order valence-corrected chi connectivity index (χ2v) is 3.25. The highest BCUT2D eigenvalue weighted by atomic mass is 14.2. The van der Waals surface area contributed by atoms with Crippen LogP contribution in [0.3, 0.4) is 0 Å². The lowest BCUT2D eigenvalue weighted by Crippen LogP contribution is -2.01. The fourth-order valence-corrected chi connectivity index (χ4v) is 1.64. The third-order valence-corrected chi connectivity index (χ3v) is 2.70. The number of hydrogen-bond donors (Lipinski definition) is 0. The van der Waals surface area contributed by atoms with E-state index in [2.05, 4.69) is 26.8 Å². The van der Waals surface area contributed by atoms with Gasteiger partial charge in [-0.3, -0.25) is 0 Å². The Morgan fingerprint density at radius 1 is 1.45 bits per heavy atom. The Balaban J connectivity index is 2.72. The molecule has 0 spiro atoms. The Hall–Kier alpha value is -0.520. The van der Waals surface area contributed by atoms with E-state index in [1.54, 1.807) is 16.7 Å². The van der Waals surface area contributed by atoms with Gasteiger partial charge in [0, 0.05) is 0 Å². The quantitative estimate of drug-likeness (QED) is 0.561. The van der Waals surface area contributed by atoms with Crippen molar-refractivity contribution in [2.45, 2.75) is 46.5 Å². The monoisotopic (exact) mass is 150 g/mol. The molecule has 1 fully saturated rings. The van der Waals surface area contributed by atoms with Crippen LogP contribution in [0.5, 0.6) is 0 Å². The molecule has 0 heteroatoms. The Kier molecular flexibility index (Phi) is 2.92. The van der Waals surface area contributed by atoms with Crippen molar-refractivity contribution >= 4 is 0 Å². The molecule has 0 aromatic rings. The van der Waals surface area contributed by atoms with Crippen molar-refractivity contribution in [1.29, 1.82) is 0 Å². The smallest absolute Gasteiger partial charge is 0.0308 e. The van der Waals surface area contributed by atoms with Crippen molar-refractivity contribution in [3.05, 3.63) is 22.8 Å². The highest BCUT2D eigenvalue weighted by Gasteiger charge is 2.12. The zero-order valence-electron chi connectivity index (χ0n) is 7.91. The van der Waals surface area contributed by atoms with Crippen molar-refractivity contribution in [1.82, 2.24) is 0 Å². The van der Waals surface area contributed by atoms with Crippen LogP contribution in [0, 0.1) is 0 Å². The minimum Gasteiger partial charge on any atom is -0.0842 e. The van der Waals surface area contributed by atoms with Crippen molar-refractivity contribution in [3.8, 4) is 0 Å². The summed E-state index contributed by atoms with van der Waals surface area (Å²) in [5.74, 6) is 0. The first-order valence-corrected chi connectivity index (χ1v) is 4.63. The molecule has 0 nitrogen and oxygen atoms in total. The van der Waals surface area contributed by atoms with Crippen molar-refractivity contribution in [3.63, 3.8) is 0 Å². The molecule has 1 aliphatic carbocycles. The maximum atomic E-state index is 2.27. The van der Waals surface area contributed by atoms with Crippen LogP contribution in [-0.2, 0) is 0 Å². The van der Waals surface area contributed by atoms with Crippen molar-refractivity contribution in [2.75, 3.05) is 0 Å². The maximum absolute atomic E-state index is 2.27. The van der Waals surface area contributed by atoms with E-state index in [0.717, 1.165) is 0 Å². The van der Waals surface area contributed by atoms with Crippen molar-refractivity contribution in [2.24, 2.45) is 0 Å². The zero-order chi connectivity index (χ0) is 8.27. The molecular formula is C11H18. The van der Waals surface area contributed by atoms with Crippen LogP contribution in [0.25, 0.3) is 0 Å². The lowest BCUT2D eigenvalue weighted by molar-refractivity contribution is 0.651. The molecule has 1 saturated carbocycles. The zero-order valence-corrected chi connectivity index (χ0v) is 7.91. The fourth-order valence-electron chi connectivity index (χ4n) is 1.64. The summed E-state index contributed by atoms with van der Waals surface area (Å²) in [4.78, 5) is 0. The van der Waals surface area contributed by atoms with Crippen LogP contribution in [0.15, 0.2) is 22.8 Å². The predicted molar refractivity (Wildman–Crippen MR) is 50.6 cm³/mol. The molecule has 0 saturated heterocycles. The first-order chi connectivity index (χ1) is 5.29. The van der Waals surface area contributed by atoms with Gasteiger partial charge in [0.05, 0.1) is 0 Å². The summed E-state index contributed by atoms with van der Waals surface area (Å²) in [6.07, 6.45) is 7.55. The van der Waals surface area contributed by atoms with Gasteiger partial charge in [0.25, 0.3) is 0 Å². The molecule has 0 unspecified atom stereocenters. The first-order valence-electron chi connectivity index (χ1n) is 4.63. The number of allylic oxidation sites excluding steroid dienone is 4. The Morgan fingerprint density at radius 2 is 2.09 bits per heavy atom. The third kappa shape index (κ3) is 1.74. The lowest BCUT2D eigenvalue weighted by atomic mass is 9.85. The summed E-state index contributed by atoms with van der Waals surface area (Å²) in [5, 5.41) is 0. The average molecular weight is 150 g/mol. The van der Waals surface area contributed by atoms with Gasteiger partial charge in [-0.15, -0.1) is 0 Å². The molecule has 0 N–H and O–H groups in total. The SMILES string of the molecule is CC=C(CC)C(C)=C1CCC1. The van der Waals surface area contributed by atoms with Gasteiger partial charge in [0.15, 0.2) is 0 Å². The highest BCUT2D eigenvalue weighted by Crippen LogP contribution is 2.32. The normalized spacial score (nSPS) is 18.1. The van der Waals surface area contributed by atoms with Crippen LogP contribution in [0.4, 0.5) is 0 Å². The molecule has 11 heavy (non-hydrogen) atoms. The molecule has 1 rings (SSSR count). The standard InChI is InChI=1S/C11H18/c1-4-10(5-2)9(3)11-7-6-8-11/h4H,5-8H2,1-3H3. The van der Waals surface area contributed by atoms with Gasteiger partial charge in [-0.2, -0.15) is 0 Å². The molecule has 0 aromatic carbocycles. The molecule has 1 aliphatic rings. The van der Waals surface area contributed by atoms with E-state index in [1.807, 2.05) is 0 Å². The number of rotatable bonds is 2. The Bertz CT molecular complexity index is 188. The summed E-state index contributed by atoms with van der Waals surface area (Å²) in [5.41, 5.74) is 4.81. The van der Waals surface area contributed by atoms with E-state index >= 15 is 0 Å². The third-order valence-electron chi connectivity index (χ3n) is 2.70. The summed E-state index contributed by atoms with van der Waals surface area (Å²) >= 11 is 0. The van der Waals surface area contributed by atoms with Gasteiger partial charge in [0.2, 0.25) is 0 Å². The van der Waals surface area contributed by atoms with Crippen LogP contribution in [-0.4, -0.2) is 0 Å². The minimum atomic E-state index is 1.19. The summed E-state index contributed by atoms with van der Waals surface area (Å²) in [6, 6.07) is 0. The fraction of sp³-hybridized carbons (Fsp3) is 0.636. The van der Waals surface area contributed by atoms with E-state index in [-0.39, 0.29) is 0 Å². The number of hydrogen-bond acceptors (Lipinski definition) is 0. The van der Waals surface area contributed by atoms with E-state index in [1.165, 1.54) is 25.7 Å².